The minimum atomic E-state index is -0.602. The molecule has 7 nitrogen and oxygen atoms in total. The van der Waals surface area contributed by atoms with Crippen molar-refractivity contribution in [1.29, 1.82) is 0 Å². The highest BCUT2D eigenvalue weighted by atomic mass is 16.5. The Labute approximate surface area is 69.7 Å². The molecule has 2 amide bonds. The second-order valence-electron chi connectivity index (χ2n) is 1.35. The zero-order valence-electron chi connectivity index (χ0n) is 6.66. The van der Waals surface area contributed by atoms with E-state index in [0.29, 0.717) is 0 Å². The molecule has 0 unspecified atom stereocenters. The van der Waals surface area contributed by atoms with Gasteiger partial charge in [0.2, 0.25) is 0 Å². The van der Waals surface area contributed by atoms with Crippen molar-refractivity contribution in [1.82, 2.24) is 10.9 Å². The van der Waals surface area contributed by atoms with Crippen molar-refractivity contribution in [2.75, 3.05) is 7.11 Å². The topological polar surface area (TPSA) is 119 Å². The molecule has 0 aromatic carbocycles. The van der Waals surface area contributed by atoms with Gasteiger partial charge in [-0.1, -0.05) is 6.58 Å². The molecular formula is C5H12N4O3. The molecule has 0 atom stereocenters. The van der Waals surface area contributed by atoms with E-state index in [-0.39, 0.29) is 0 Å². The van der Waals surface area contributed by atoms with Crippen LogP contribution in [0, 0.1) is 0 Å². The van der Waals surface area contributed by atoms with E-state index >= 15 is 0 Å². The van der Waals surface area contributed by atoms with Crippen molar-refractivity contribution < 1.29 is 14.3 Å². The molecule has 0 aliphatic carbocycles. The van der Waals surface area contributed by atoms with Crippen LogP contribution in [0.25, 0.3) is 0 Å². The molecule has 0 heterocycles. The average molecular weight is 176 g/mol. The van der Waals surface area contributed by atoms with Gasteiger partial charge in [-0.05, 0) is 0 Å². The molecule has 0 rings (SSSR count). The highest BCUT2D eigenvalue weighted by Gasteiger charge is 1.83. The quantitative estimate of drug-likeness (QED) is 0.126. The standard InChI is InChI=1S/C4H6O2.CH6N4O/c1-3-4(5)6-2;2-4-1(6)5-3/h3H,1H2,2H3;2-3H2,(H2,4,5,6). The van der Waals surface area contributed by atoms with Crippen LogP contribution in [0.15, 0.2) is 12.7 Å². The fourth-order valence-electron chi connectivity index (χ4n) is 0.125. The van der Waals surface area contributed by atoms with E-state index in [2.05, 4.69) is 23.0 Å². The minimum absolute atomic E-state index is 0.394. The van der Waals surface area contributed by atoms with Gasteiger partial charge in [0.15, 0.2) is 0 Å². The molecule has 0 radical (unpaired) electrons. The fraction of sp³-hybridized carbons (Fsp3) is 0.200. The molecule has 0 aliphatic heterocycles. The number of urea groups is 1. The maximum Gasteiger partial charge on any atom is 0.343 e. The van der Waals surface area contributed by atoms with Crippen LogP contribution in [-0.4, -0.2) is 19.1 Å². The Morgan fingerprint density at radius 3 is 1.83 bits per heavy atom. The van der Waals surface area contributed by atoms with E-state index < -0.39 is 12.0 Å². The Morgan fingerprint density at radius 2 is 1.83 bits per heavy atom. The predicted octanol–water partition coefficient (Wildman–Crippen LogP) is -1.62. The van der Waals surface area contributed by atoms with Crippen LogP contribution in [0.3, 0.4) is 0 Å². The molecule has 0 aromatic heterocycles. The first-order valence-corrected chi connectivity index (χ1v) is 2.79. The molecule has 0 fully saturated rings. The van der Waals surface area contributed by atoms with Crippen molar-refractivity contribution in [3.63, 3.8) is 0 Å². The third kappa shape index (κ3) is 11.2. The van der Waals surface area contributed by atoms with Crippen molar-refractivity contribution >= 4 is 12.0 Å². The second kappa shape index (κ2) is 9.40. The summed E-state index contributed by atoms with van der Waals surface area (Å²) < 4.78 is 4.14. The summed E-state index contributed by atoms with van der Waals surface area (Å²) in [6.45, 7) is 3.16. The third-order valence-electron chi connectivity index (χ3n) is 0.630. The van der Waals surface area contributed by atoms with Crippen LogP contribution < -0.4 is 22.5 Å². The maximum atomic E-state index is 9.84. The number of nitrogens with one attached hydrogen (secondary N) is 2. The largest absolute Gasteiger partial charge is 0.466 e. The Bertz CT molecular complexity index is 153. The molecule has 6 N–H and O–H groups in total. The van der Waals surface area contributed by atoms with Crippen molar-refractivity contribution in [2.45, 2.75) is 0 Å². The van der Waals surface area contributed by atoms with Gasteiger partial charge in [-0.3, -0.25) is 10.9 Å². The first-order valence-electron chi connectivity index (χ1n) is 2.79. The number of ether oxygens (including phenoxy) is 1. The van der Waals surface area contributed by atoms with E-state index in [0.717, 1.165) is 6.08 Å². The van der Waals surface area contributed by atoms with Gasteiger partial charge in [0.1, 0.15) is 0 Å². The Hall–Kier alpha value is -1.60. The lowest BCUT2D eigenvalue weighted by atomic mass is 10.7. The summed E-state index contributed by atoms with van der Waals surface area (Å²) in [7, 11) is 1.31. The average Bonchev–Trinajstić information content (AvgIpc) is 2.16. The molecule has 7 heteroatoms. The molecule has 0 aliphatic rings. The normalized spacial score (nSPS) is 6.92. The van der Waals surface area contributed by atoms with E-state index in [1.165, 1.54) is 7.11 Å². The number of rotatable bonds is 1. The molecule has 70 valence electrons. The summed E-state index contributed by atoms with van der Waals surface area (Å²) in [4.78, 5) is 19.5. The molecule has 0 spiro atoms. The first-order chi connectivity index (χ1) is 5.62. The zero-order chi connectivity index (χ0) is 9.98. The van der Waals surface area contributed by atoms with Crippen molar-refractivity contribution in [3.05, 3.63) is 12.7 Å². The van der Waals surface area contributed by atoms with Crippen LogP contribution in [-0.2, 0) is 9.53 Å². The van der Waals surface area contributed by atoms with Crippen molar-refractivity contribution in [3.8, 4) is 0 Å². The Balaban J connectivity index is 0. The Kier molecular flexibility index (Phi) is 10.2. The van der Waals surface area contributed by atoms with Crippen LogP contribution in [0.2, 0.25) is 0 Å². The van der Waals surface area contributed by atoms with Gasteiger partial charge < -0.3 is 4.74 Å². The van der Waals surface area contributed by atoms with Gasteiger partial charge in [0, 0.05) is 6.08 Å². The SMILES string of the molecule is C=CC(=O)OC.NNC(=O)NN. The lowest BCUT2D eigenvalue weighted by Gasteiger charge is -1.90. The van der Waals surface area contributed by atoms with E-state index in [9.17, 15) is 9.59 Å². The molecule has 0 saturated heterocycles. The lowest BCUT2D eigenvalue weighted by Crippen LogP contribution is -2.43. The summed E-state index contributed by atoms with van der Waals surface area (Å²) in [5.41, 5.74) is 3.48. The van der Waals surface area contributed by atoms with Crippen LogP contribution >= 0.6 is 0 Å². The highest BCUT2D eigenvalue weighted by molar-refractivity contribution is 5.80. The highest BCUT2D eigenvalue weighted by Crippen LogP contribution is 1.67. The smallest absolute Gasteiger partial charge is 0.343 e. The van der Waals surface area contributed by atoms with E-state index in [1.807, 2.05) is 0 Å². The number of carbonyl (C=O) groups excluding carboxylic acids is 2. The third-order valence-corrected chi connectivity index (χ3v) is 0.630. The number of amides is 2. The summed E-state index contributed by atoms with van der Waals surface area (Å²) in [5, 5.41) is 0. The number of nitrogens with two attached hydrogens (primary N) is 2. The monoisotopic (exact) mass is 176 g/mol. The van der Waals surface area contributed by atoms with E-state index in [4.69, 9.17) is 0 Å². The summed E-state index contributed by atoms with van der Waals surface area (Å²) in [5.74, 6) is 8.69. The number of carbonyl (C=O) groups is 2. The molecule has 12 heavy (non-hydrogen) atoms. The number of hydrogen-bond acceptors (Lipinski definition) is 5. The second-order valence-corrected chi connectivity index (χ2v) is 1.35. The lowest BCUT2D eigenvalue weighted by molar-refractivity contribution is -0.134. The number of esters is 1. The predicted molar refractivity (Wildman–Crippen MR) is 42.3 cm³/mol. The van der Waals surface area contributed by atoms with Crippen molar-refractivity contribution in [2.24, 2.45) is 11.7 Å². The molecule has 0 saturated carbocycles. The minimum Gasteiger partial charge on any atom is -0.466 e. The summed E-state index contributed by atoms with van der Waals surface area (Å²) >= 11 is 0. The van der Waals surface area contributed by atoms with Crippen LogP contribution in [0.1, 0.15) is 0 Å². The van der Waals surface area contributed by atoms with Gasteiger partial charge in [-0.2, -0.15) is 0 Å². The molecule has 0 aromatic rings. The van der Waals surface area contributed by atoms with Crippen LogP contribution in [0.5, 0.6) is 0 Å². The van der Waals surface area contributed by atoms with Gasteiger partial charge in [0.25, 0.3) is 0 Å². The Morgan fingerprint density at radius 1 is 1.42 bits per heavy atom. The number of hydrogen-bond donors (Lipinski definition) is 4. The summed E-state index contributed by atoms with van der Waals surface area (Å²) in [6.07, 6.45) is 1.11. The molecule has 0 bridgehead atoms. The van der Waals surface area contributed by atoms with Gasteiger partial charge in [-0.25, -0.2) is 21.3 Å². The summed E-state index contributed by atoms with van der Waals surface area (Å²) in [6, 6.07) is -0.602. The fourth-order valence-corrected chi connectivity index (χ4v) is 0.125. The number of methoxy groups -OCH3 is 1. The molecular weight excluding hydrogens is 164 g/mol. The van der Waals surface area contributed by atoms with Gasteiger partial charge >= 0.3 is 12.0 Å². The van der Waals surface area contributed by atoms with Gasteiger partial charge in [-0.15, -0.1) is 0 Å². The van der Waals surface area contributed by atoms with Crippen LogP contribution in [0.4, 0.5) is 4.79 Å². The first kappa shape index (κ1) is 13.0. The number of hydrazine groups is 2. The zero-order valence-corrected chi connectivity index (χ0v) is 6.66. The maximum absolute atomic E-state index is 9.84. The van der Waals surface area contributed by atoms with Gasteiger partial charge in [0.05, 0.1) is 7.11 Å². The van der Waals surface area contributed by atoms with E-state index in [1.54, 1.807) is 10.9 Å².